The third-order valence-corrected chi connectivity index (χ3v) is 6.04. The molecule has 0 aliphatic carbocycles. The molecule has 6 N–H and O–H groups in total. The number of aliphatic hydroxyl groups excluding tert-OH is 1. The molecule has 0 saturated heterocycles. The molecular weight excluding hydrogens is 542 g/mol. The van der Waals surface area contributed by atoms with E-state index in [4.69, 9.17) is 10.5 Å². The number of nitrogens with two attached hydrogens (primary N) is 1. The number of aliphatic hydroxyl groups is 1. The number of likely N-dealkylation sites (N-methyl/N-ethyl adjacent to an activating group) is 1. The number of rotatable bonds is 13. The highest BCUT2D eigenvalue weighted by Crippen LogP contribution is 2.11. The van der Waals surface area contributed by atoms with E-state index < -0.39 is 60.1 Å². The van der Waals surface area contributed by atoms with Crippen molar-refractivity contribution in [3.63, 3.8) is 0 Å². The van der Waals surface area contributed by atoms with Crippen LogP contribution in [-0.4, -0.2) is 76.6 Å². The summed E-state index contributed by atoms with van der Waals surface area (Å²) in [6.45, 7) is 6.45. The molecule has 228 valence electrons. The summed E-state index contributed by atoms with van der Waals surface area (Å²) in [6.07, 6.45) is -2.76. The van der Waals surface area contributed by atoms with Crippen LogP contribution in [0, 0.1) is 0 Å². The summed E-state index contributed by atoms with van der Waals surface area (Å²) in [6, 6.07) is 14.4. The van der Waals surface area contributed by atoms with E-state index in [0.717, 1.165) is 11.1 Å². The predicted molar refractivity (Wildman–Crippen MR) is 156 cm³/mol. The first-order chi connectivity index (χ1) is 19.7. The van der Waals surface area contributed by atoms with E-state index in [-0.39, 0.29) is 18.9 Å². The van der Waals surface area contributed by atoms with E-state index in [0.29, 0.717) is 0 Å². The number of primary amides is 1. The van der Waals surface area contributed by atoms with Crippen LogP contribution < -0.4 is 21.7 Å². The third-order valence-electron chi connectivity index (χ3n) is 6.04. The molecule has 0 aromatic heterocycles. The Morgan fingerprint density at radius 1 is 0.881 bits per heavy atom. The minimum absolute atomic E-state index is 0.141. The Labute approximate surface area is 246 Å². The Morgan fingerprint density at radius 2 is 1.43 bits per heavy atom. The maximum atomic E-state index is 13.6. The van der Waals surface area contributed by atoms with E-state index in [1.807, 2.05) is 48.5 Å². The van der Waals surface area contributed by atoms with Crippen molar-refractivity contribution in [3.8, 4) is 0 Å². The standard InChI is InChI=1S/C30H41N5O7/c1-19(36)25(26(31)38)34-24(37)17-22(33-29(41)42-30(2,3)4)27(39)32-23(16-20-12-8-6-9-13-20)28(40)35(5)18-21-14-10-7-11-15-21/h6-15,19,22-23,25,36H,16-18H2,1-5H3,(H2,31,38)(H,32,39)(H,33,41)(H,34,37). The average Bonchev–Trinajstić information content (AvgIpc) is 2.90. The summed E-state index contributed by atoms with van der Waals surface area (Å²) in [5.74, 6) is -3.04. The number of nitrogens with one attached hydrogen (secondary N) is 3. The lowest BCUT2D eigenvalue weighted by molar-refractivity contribution is -0.137. The molecule has 2 aromatic carbocycles. The number of amides is 5. The lowest BCUT2D eigenvalue weighted by Gasteiger charge is -2.28. The minimum Gasteiger partial charge on any atom is -0.444 e. The van der Waals surface area contributed by atoms with Gasteiger partial charge in [-0.15, -0.1) is 0 Å². The van der Waals surface area contributed by atoms with E-state index in [1.165, 1.54) is 11.8 Å². The summed E-state index contributed by atoms with van der Waals surface area (Å²) in [7, 11) is 1.61. The van der Waals surface area contributed by atoms with Crippen LogP contribution in [0.5, 0.6) is 0 Å². The van der Waals surface area contributed by atoms with Gasteiger partial charge in [-0.05, 0) is 38.8 Å². The van der Waals surface area contributed by atoms with Crippen molar-refractivity contribution in [1.29, 1.82) is 0 Å². The highest BCUT2D eigenvalue weighted by atomic mass is 16.6. The Bertz CT molecular complexity index is 1220. The zero-order chi connectivity index (χ0) is 31.4. The number of nitrogens with zero attached hydrogens (tertiary/aromatic N) is 1. The van der Waals surface area contributed by atoms with Gasteiger partial charge < -0.3 is 36.4 Å². The first kappa shape index (κ1) is 33.8. The van der Waals surface area contributed by atoms with Gasteiger partial charge in [0.1, 0.15) is 23.7 Å². The van der Waals surface area contributed by atoms with Gasteiger partial charge in [-0.25, -0.2) is 4.79 Å². The van der Waals surface area contributed by atoms with Crippen LogP contribution in [-0.2, 0) is 36.9 Å². The van der Waals surface area contributed by atoms with Crippen molar-refractivity contribution in [1.82, 2.24) is 20.9 Å². The number of hydrogen-bond acceptors (Lipinski definition) is 7. The summed E-state index contributed by atoms with van der Waals surface area (Å²) < 4.78 is 5.26. The van der Waals surface area contributed by atoms with E-state index >= 15 is 0 Å². The van der Waals surface area contributed by atoms with Gasteiger partial charge in [0.05, 0.1) is 12.5 Å². The molecule has 4 atom stereocenters. The van der Waals surface area contributed by atoms with E-state index in [1.54, 1.807) is 40.0 Å². The second-order valence-electron chi connectivity index (χ2n) is 11.0. The van der Waals surface area contributed by atoms with Crippen molar-refractivity contribution in [3.05, 3.63) is 71.8 Å². The molecule has 0 aliphatic rings. The fourth-order valence-corrected chi connectivity index (χ4v) is 4.03. The minimum atomic E-state index is -1.49. The summed E-state index contributed by atoms with van der Waals surface area (Å²) in [5, 5.41) is 17.1. The molecule has 0 heterocycles. The summed E-state index contributed by atoms with van der Waals surface area (Å²) in [4.78, 5) is 65.6. The first-order valence-corrected chi connectivity index (χ1v) is 13.6. The molecule has 0 bridgehead atoms. The van der Waals surface area contributed by atoms with Gasteiger partial charge >= 0.3 is 6.09 Å². The van der Waals surface area contributed by atoms with E-state index in [9.17, 15) is 29.1 Å². The van der Waals surface area contributed by atoms with Gasteiger partial charge in [-0.2, -0.15) is 0 Å². The number of ether oxygens (including phenoxy) is 1. The van der Waals surface area contributed by atoms with Gasteiger partial charge in [-0.3, -0.25) is 19.2 Å². The van der Waals surface area contributed by atoms with Crippen LogP contribution in [0.25, 0.3) is 0 Å². The van der Waals surface area contributed by atoms with Gasteiger partial charge in [0.15, 0.2) is 0 Å². The largest absolute Gasteiger partial charge is 0.444 e. The Morgan fingerprint density at radius 3 is 1.93 bits per heavy atom. The number of hydrogen-bond donors (Lipinski definition) is 5. The van der Waals surface area contributed by atoms with Gasteiger partial charge in [0.25, 0.3) is 0 Å². The Balaban J connectivity index is 2.30. The molecule has 12 nitrogen and oxygen atoms in total. The maximum absolute atomic E-state index is 13.6. The molecule has 2 aromatic rings. The number of carbonyl (C=O) groups excluding carboxylic acids is 5. The number of benzene rings is 2. The fourth-order valence-electron chi connectivity index (χ4n) is 4.03. The number of carbonyl (C=O) groups is 5. The Hall–Kier alpha value is -4.45. The summed E-state index contributed by atoms with van der Waals surface area (Å²) in [5.41, 5.74) is 6.03. The topological polar surface area (TPSA) is 180 Å². The van der Waals surface area contributed by atoms with Crippen molar-refractivity contribution >= 4 is 29.7 Å². The first-order valence-electron chi connectivity index (χ1n) is 13.6. The monoisotopic (exact) mass is 583 g/mol. The molecule has 42 heavy (non-hydrogen) atoms. The van der Waals surface area contributed by atoms with Crippen LogP contribution in [0.15, 0.2) is 60.7 Å². The molecule has 0 radical (unpaired) electrons. The van der Waals surface area contributed by atoms with Crippen LogP contribution in [0.3, 0.4) is 0 Å². The highest BCUT2D eigenvalue weighted by molar-refractivity contribution is 5.95. The highest BCUT2D eigenvalue weighted by Gasteiger charge is 2.32. The van der Waals surface area contributed by atoms with Crippen LogP contribution >= 0.6 is 0 Å². The van der Waals surface area contributed by atoms with Crippen molar-refractivity contribution in [2.45, 2.75) is 76.9 Å². The lowest BCUT2D eigenvalue weighted by atomic mass is 10.0. The second-order valence-corrected chi connectivity index (χ2v) is 11.0. The summed E-state index contributed by atoms with van der Waals surface area (Å²) >= 11 is 0. The fraction of sp³-hybridized carbons (Fsp3) is 0.433. The SMILES string of the molecule is CC(O)C(NC(=O)CC(NC(=O)OC(C)(C)C)C(=O)NC(Cc1ccccc1)C(=O)N(C)Cc1ccccc1)C(N)=O. The van der Waals surface area contributed by atoms with Crippen molar-refractivity contribution in [2.24, 2.45) is 5.73 Å². The quantitative estimate of drug-likeness (QED) is 0.233. The van der Waals surface area contributed by atoms with Crippen molar-refractivity contribution < 1.29 is 33.8 Å². The zero-order valence-corrected chi connectivity index (χ0v) is 24.6. The Kier molecular flexibility index (Phi) is 12.5. The molecule has 0 aliphatic heterocycles. The smallest absolute Gasteiger partial charge is 0.408 e. The van der Waals surface area contributed by atoms with Gasteiger partial charge in [-0.1, -0.05) is 60.7 Å². The predicted octanol–water partition coefficient (Wildman–Crippen LogP) is 1.01. The normalized spacial score (nSPS) is 14.0. The maximum Gasteiger partial charge on any atom is 0.408 e. The number of alkyl carbamates (subject to hydrolysis) is 1. The lowest BCUT2D eigenvalue weighted by Crippen LogP contribution is -2.57. The molecule has 2 rings (SSSR count). The molecule has 12 heteroatoms. The van der Waals surface area contributed by atoms with Crippen molar-refractivity contribution in [2.75, 3.05) is 7.05 Å². The van der Waals surface area contributed by atoms with Crippen LogP contribution in [0.1, 0.15) is 45.2 Å². The van der Waals surface area contributed by atoms with E-state index in [2.05, 4.69) is 16.0 Å². The molecular formula is C30H41N5O7. The molecule has 0 spiro atoms. The van der Waals surface area contributed by atoms with Crippen LogP contribution in [0.2, 0.25) is 0 Å². The molecule has 0 fully saturated rings. The molecule has 4 unspecified atom stereocenters. The van der Waals surface area contributed by atoms with Gasteiger partial charge in [0, 0.05) is 20.0 Å². The zero-order valence-electron chi connectivity index (χ0n) is 24.6. The molecule has 0 saturated carbocycles. The average molecular weight is 584 g/mol. The van der Waals surface area contributed by atoms with Gasteiger partial charge in [0.2, 0.25) is 23.6 Å². The van der Waals surface area contributed by atoms with Crippen LogP contribution in [0.4, 0.5) is 4.79 Å². The third kappa shape index (κ3) is 11.6. The molecule has 5 amide bonds. The second kappa shape index (κ2) is 15.5.